The van der Waals surface area contributed by atoms with Crippen molar-refractivity contribution in [2.75, 3.05) is 24.7 Å². The summed E-state index contributed by atoms with van der Waals surface area (Å²) in [4.78, 5) is 6.90. The molecule has 2 aromatic heterocycles. The van der Waals surface area contributed by atoms with Gasteiger partial charge in [0.05, 0.1) is 35.4 Å². The van der Waals surface area contributed by atoms with Gasteiger partial charge in [0.2, 0.25) is 0 Å². The molecule has 1 atom stereocenters. The third-order valence-electron chi connectivity index (χ3n) is 3.99. The largest absolute Gasteiger partial charge is 0.377 e. The predicted molar refractivity (Wildman–Crippen MR) is 88.7 cm³/mol. The zero-order chi connectivity index (χ0) is 15.9. The quantitative estimate of drug-likeness (QED) is 0.841. The Balaban J connectivity index is 2.20. The van der Waals surface area contributed by atoms with E-state index < -0.39 is 5.41 Å². The number of fused-ring (bicyclic) bond motifs is 1. The Morgan fingerprint density at radius 2 is 2.32 bits per heavy atom. The summed E-state index contributed by atoms with van der Waals surface area (Å²) < 4.78 is 10.6. The van der Waals surface area contributed by atoms with Crippen LogP contribution in [0.25, 0.3) is 10.2 Å². The summed E-state index contributed by atoms with van der Waals surface area (Å²) in [6.45, 7) is 8.04. The lowest BCUT2D eigenvalue weighted by atomic mass is 9.86. The average Bonchev–Trinajstić information content (AvgIpc) is 2.88. The fraction of sp³-hybridized carbons (Fsp3) is 0.533. The van der Waals surface area contributed by atoms with Crippen molar-refractivity contribution in [1.82, 2.24) is 9.36 Å². The van der Waals surface area contributed by atoms with Crippen molar-refractivity contribution in [1.29, 1.82) is 5.26 Å². The molecule has 0 aromatic carbocycles. The van der Waals surface area contributed by atoms with Gasteiger partial charge < -0.3 is 9.64 Å². The molecule has 1 saturated heterocycles. The molecule has 1 fully saturated rings. The number of hydrogen-bond acceptors (Lipinski definition) is 6. The summed E-state index contributed by atoms with van der Waals surface area (Å²) in [5.74, 6) is 0.837. The van der Waals surface area contributed by atoms with Gasteiger partial charge in [-0.05, 0) is 43.9 Å². The molecule has 2 aromatic rings. The van der Waals surface area contributed by atoms with E-state index in [9.17, 15) is 5.26 Å². The summed E-state index contributed by atoms with van der Waals surface area (Å²) in [5, 5.41) is 9.91. The highest BCUT2D eigenvalue weighted by Gasteiger charge is 2.28. The zero-order valence-electron chi connectivity index (χ0n) is 12.8. The smallest absolute Gasteiger partial charge is 0.169 e. The highest BCUT2D eigenvalue weighted by molar-refractivity contribution is 7.14. The third kappa shape index (κ3) is 2.54. The minimum absolute atomic E-state index is 0.238. The van der Waals surface area contributed by atoms with Gasteiger partial charge in [-0.15, -0.1) is 0 Å². The molecule has 0 amide bonds. The molecule has 3 heterocycles. The van der Waals surface area contributed by atoms with Gasteiger partial charge >= 0.3 is 0 Å². The van der Waals surface area contributed by atoms with E-state index in [0.29, 0.717) is 23.9 Å². The molecule has 0 radical (unpaired) electrons. The molecule has 1 unspecified atom stereocenters. The van der Waals surface area contributed by atoms with Gasteiger partial charge in [0.1, 0.15) is 11.3 Å². The highest BCUT2D eigenvalue weighted by Crippen LogP contribution is 2.37. The van der Waals surface area contributed by atoms with Crippen LogP contribution in [0.2, 0.25) is 5.15 Å². The number of halogens is 1. The van der Waals surface area contributed by atoms with Crippen LogP contribution in [0.5, 0.6) is 0 Å². The van der Waals surface area contributed by atoms with E-state index in [1.165, 1.54) is 11.5 Å². The molecule has 0 saturated carbocycles. The number of hydrogen-bond donors (Lipinski definition) is 0. The molecule has 5 nitrogen and oxygen atoms in total. The number of ether oxygens (including phenoxy) is 1. The van der Waals surface area contributed by atoms with E-state index in [-0.39, 0.29) is 6.04 Å². The van der Waals surface area contributed by atoms with Gasteiger partial charge in [-0.2, -0.15) is 9.64 Å². The molecule has 0 bridgehead atoms. The van der Waals surface area contributed by atoms with Gasteiger partial charge in [0.25, 0.3) is 0 Å². The number of aromatic nitrogens is 2. The van der Waals surface area contributed by atoms with Crippen LogP contribution in [0.3, 0.4) is 0 Å². The molecule has 7 heteroatoms. The van der Waals surface area contributed by atoms with Crippen molar-refractivity contribution in [3.63, 3.8) is 0 Å². The van der Waals surface area contributed by atoms with E-state index in [2.05, 4.69) is 22.3 Å². The lowest BCUT2D eigenvalue weighted by Crippen LogP contribution is -2.44. The fourth-order valence-electron chi connectivity index (χ4n) is 2.62. The lowest BCUT2D eigenvalue weighted by Gasteiger charge is -2.35. The minimum atomic E-state index is -0.624. The van der Waals surface area contributed by atoms with Crippen molar-refractivity contribution >= 4 is 39.2 Å². The highest BCUT2D eigenvalue weighted by atomic mass is 35.5. The van der Waals surface area contributed by atoms with Gasteiger partial charge in [-0.3, -0.25) is 0 Å². The maximum Gasteiger partial charge on any atom is 0.169 e. The van der Waals surface area contributed by atoms with E-state index >= 15 is 0 Å². The standard InChI is InChI=1S/C15H17ClN4OS/c1-9-7-21-5-4-20(9)11-6-10(15(2,3)8-17)13-12(18-11)14(16)19-22-13/h6,9H,4-5,7H2,1-3H3. The first-order valence-corrected chi connectivity index (χ1v) is 8.31. The third-order valence-corrected chi connectivity index (χ3v) is 5.22. The number of rotatable bonds is 2. The molecule has 3 rings (SSSR count). The second-order valence-electron chi connectivity index (χ2n) is 6.03. The van der Waals surface area contributed by atoms with Gasteiger partial charge in [-0.1, -0.05) is 11.6 Å². The van der Waals surface area contributed by atoms with Crippen LogP contribution in [0.15, 0.2) is 6.07 Å². The predicted octanol–water partition coefficient (Wildman–Crippen LogP) is 3.37. The molecule has 1 aliphatic heterocycles. The van der Waals surface area contributed by atoms with E-state index in [0.717, 1.165) is 22.6 Å². The first-order valence-electron chi connectivity index (χ1n) is 7.16. The second-order valence-corrected chi connectivity index (χ2v) is 7.16. The number of nitriles is 1. The maximum atomic E-state index is 9.51. The molecular formula is C15H17ClN4OS. The van der Waals surface area contributed by atoms with Crippen molar-refractivity contribution < 1.29 is 4.74 Å². The fourth-order valence-corrected chi connectivity index (χ4v) is 3.82. The van der Waals surface area contributed by atoms with Gasteiger partial charge in [0, 0.05) is 6.54 Å². The van der Waals surface area contributed by atoms with Crippen molar-refractivity contribution in [2.24, 2.45) is 0 Å². The summed E-state index contributed by atoms with van der Waals surface area (Å²) in [5.41, 5.74) is 0.987. The summed E-state index contributed by atoms with van der Waals surface area (Å²) >= 11 is 7.50. The Bertz CT molecular complexity index is 752. The van der Waals surface area contributed by atoms with Crippen molar-refractivity contribution in [2.45, 2.75) is 32.2 Å². The second kappa shape index (κ2) is 5.65. The Morgan fingerprint density at radius 3 is 3.00 bits per heavy atom. The summed E-state index contributed by atoms with van der Waals surface area (Å²) in [7, 11) is 0. The summed E-state index contributed by atoms with van der Waals surface area (Å²) in [6, 6.07) is 4.61. The van der Waals surface area contributed by atoms with E-state index in [4.69, 9.17) is 21.3 Å². The monoisotopic (exact) mass is 336 g/mol. The van der Waals surface area contributed by atoms with Crippen LogP contribution < -0.4 is 4.90 Å². The van der Waals surface area contributed by atoms with Crippen LogP contribution in [0.1, 0.15) is 26.3 Å². The van der Waals surface area contributed by atoms with Crippen molar-refractivity contribution in [3.05, 3.63) is 16.8 Å². The van der Waals surface area contributed by atoms with Crippen LogP contribution in [-0.4, -0.2) is 35.2 Å². The lowest BCUT2D eigenvalue weighted by molar-refractivity contribution is 0.0985. The van der Waals surface area contributed by atoms with E-state index in [1.807, 2.05) is 19.9 Å². The molecular weight excluding hydrogens is 320 g/mol. The zero-order valence-corrected chi connectivity index (χ0v) is 14.3. The number of morpholine rings is 1. The van der Waals surface area contributed by atoms with Crippen LogP contribution in [-0.2, 0) is 10.2 Å². The first-order chi connectivity index (χ1) is 10.4. The van der Waals surface area contributed by atoms with Gasteiger partial charge in [0.15, 0.2) is 5.15 Å². The van der Waals surface area contributed by atoms with Crippen LogP contribution in [0.4, 0.5) is 5.82 Å². The maximum absolute atomic E-state index is 9.51. The molecule has 1 aliphatic rings. The summed E-state index contributed by atoms with van der Waals surface area (Å²) in [6.07, 6.45) is 0. The van der Waals surface area contributed by atoms with E-state index in [1.54, 1.807) is 0 Å². The number of anilines is 1. The Hall–Kier alpha value is -1.42. The average molecular weight is 337 g/mol. The van der Waals surface area contributed by atoms with Crippen LogP contribution in [0, 0.1) is 11.3 Å². The molecule has 0 spiro atoms. The molecule has 0 N–H and O–H groups in total. The Labute approximate surface area is 138 Å². The SMILES string of the molecule is CC1COCCN1c1cc(C(C)(C)C#N)c2snc(Cl)c2n1. The minimum Gasteiger partial charge on any atom is -0.377 e. The Kier molecular flexibility index (Phi) is 3.98. The topological polar surface area (TPSA) is 62.0 Å². The molecule has 116 valence electrons. The number of nitrogens with zero attached hydrogens (tertiary/aromatic N) is 4. The normalized spacial score (nSPS) is 19.4. The van der Waals surface area contributed by atoms with Crippen LogP contribution >= 0.6 is 23.1 Å². The first kappa shape index (κ1) is 15.5. The Morgan fingerprint density at radius 1 is 1.55 bits per heavy atom. The number of pyridine rings is 1. The molecule has 22 heavy (non-hydrogen) atoms. The van der Waals surface area contributed by atoms with Crippen molar-refractivity contribution in [3.8, 4) is 6.07 Å². The molecule has 0 aliphatic carbocycles. The van der Waals surface area contributed by atoms with Gasteiger partial charge in [-0.25, -0.2) is 4.98 Å².